The van der Waals surface area contributed by atoms with Crippen molar-refractivity contribution in [1.82, 2.24) is 0 Å². The van der Waals surface area contributed by atoms with Crippen molar-refractivity contribution in [3.05, 3.63) is 60.7 Å². The second-order valence-electron chi connectivity index (χ2n) is 12.7. The van der Waals surface area contributed by atoms with Crippen LogP contribution in [-0.2, 0) is 4.79 Å². The Kier molecular flexibility index (Phi) is 8.41. The number of carbonyl (C=O) groups excluding carboxylic acids is 1. The van der Waals surface area contributed by atoms with Crippen LogP contribution in [0.2, 0.25) is 10.6 Å². The highest BCUT2D eigenvalue weighted by Gasteiger charge is 2.60. The van der Waals surface area contributed by atoms with E-state index in [0.29, 0.717) is 17.2 Å². The third-order valence-corrected chi connectivity index (χ3v) is 16.4. The largest absolute Gasteiger partial charge is 0.299 e. The molecule has 35 heavy (non-hydrogen) atoms. The minimum Gasteiger partial charge on any atom is -0.299 e. The Hall–Kier alpha value is -1.67. The second kappa shape index (κ2) is 11.2. The van der Waals surface area contributed by atoms with E-state index >= 15 is 0 Å². The molecule has 0 aliphatic heterocycles. The average Bonchev–Trinajstić information content (AvgIpc) is 3.19. The summed E-state index contributed by atoms with van der Waals surface area (Å²) in [4.78, 5) is 13.6. The molecule has 2 aliphatic carbocycles. The van der Waals surface area contributed by atoms with Gasteiger partial charge in [0.15, 0.2) is 0 Å². The molecule has 2 aromatic rings. The van der Waals surface area contributed by atoms with Crippen LogP contribution in [0, 0.1) is 11.3 Å². The van der Waals surface area contributed by atoms with Crippen molar-refractivity contribution in [3.63, 3.8) is 0 Å². The summed E-state index contributed by atoms with van der Waals surface area (Å²) in [5, 5.41) is 3.26. The van der Waals surface area contributed by atoms with Gasteiger partial charge < -0.3 is 0 Å². The van der Waals surface area contributed by atoms with Gasteiger partial charge in [-0.3, -0.25) is 4.79 Å². The van der Waals surface area contributed by atoms with Gasteiger partial charge >= 0.3 is 0 Å². The molecule has 0 unspecified atom stereocenters. The van der Waals surface area contributed by atoms with Gasteiger partial charge in [0.1, 0.15) is 13.9 Å². The first kappa shape index (κ1) is 26.4. The third kappa shape index (κ3) is 5.10. The molecule has 0 saturated heterocycles. The lowest BCUT2D eigenvalue weighted by molar-refractivity contribution is -0.129. The number of fused-ring (bicyclic) bond motifs is 1. The number of rotatable bonds is 4. The molecule has 2 heteroatoms. The first-order valence-electron chi connectivity index (χ1n) is 14.4. The van der Waals surface area contributed by atoms with E-state index in [2.05, 4.69) is 81.4 Å². The Morgan fingerprint density at radius 3 is 1.74 bits per heavy atom. The van der Waals surface area contributed by atoms with Crippen molar-refractivity contribution in [2.75, 3.05) is 0 Å². The van der Waals surface area contributed by atoms with Crippen LogP contribution in [0.1, 0.15) is 105 Å². The Labute approximate surface area is 216 Å². The highest BCUT2D eigenvalue weighted by atomic mass is 28.3. The molecule has 0 radical (unpaired) electrons. The van der Waals surface area contributed by atoms with Crippen LogP contribution >= 0.6 is 0 Å². The molecule has 0 bridgehead atoms. The van der Waals surface area contributed by atoms with Gasteiger partial charge in [0, 0.05) is 5.41 Å². The predicted molar refractivity (Wildman–Crippen MR) is 153 cm³/mol. The van der Waals surface area contributed by atoms with Crippen molar-refractivity contribution in [2.45, 2.75) is 115 Å². The van der Waals surface area contributed by atoms with Gasteiger partial charge in [-0.1, -0.05) is 143 Å². The fraction of sp³-hybridized carbons (Fsp3) is 0.606. The molecule has 0 heterocycles. The van der Waals surface area contributed by atoms with Gasteiger partial charge in [-0.15, -0.1) is 0 Å². The highest BCUT2D eigenvalue weighted by molar-refractivity contribution is 7.05. The lowest BCUT2D eigenvalue weighted by atomic mass is 9.69. The zero-order valence-corrected chi connectivity index (χ0v) is 23.8. The average molecular weight is 489 g/mol. The molecule has 2 saturated carbocycles. The summed E-state index contributed by atoms with van der Waals surface area (Å²) in [6.07, 6.45) is 15.3. The molecule has 0 amide bonds. The number of ketones is 1. The molecule has 2 aliphatic rings. The van der Waals surface area contributed by atoms with E-state index in [-0.39, 0.29) is 10.5 Å². The molecule has 4 rings (SSSR count). The molecule has 0 N–H and O–H groups in total. The monoisotopic (exact) mass is 488 g/mol. The summed E-state index contributed by atoms with van der Waals surface area (Å²) >= 11 is 0. The molecule has 0 aromatic heterocycles. The fourth-order valence-corrected chi connectivity index (χ4v) is 15.3. The third-order valence-electron chi connectivity index (χ3n) is 9.84. The minimum atomic E-state index is -2.23. The number of benzene rings is 2. The lowest BCUT2D eigenvalue weighted by Gasteiger charge is -2.49. The summed E-state index contributed by atoms with van der Waals surface area (Å²) in [5.41, 5.74) is 0.475. The molecule has 1 nitrogen and oxygen atoms in total. The van der Waals surface area contributed by atoms with Crippen LogP contribution in [0.3, 0.4) is 0 Å². The van der Waals surface area contributed by atoms with Gasteiger partial charge in [0.05, 0.1) is 0 Å². The maximum atomic E-state index is 13.6. The minimum absolute atomic E-state index is 0.114. The van der Waals surface area contributed by atoms with Crippen LogP contribution < -0.4 is 10.4 Å². The Bertz CT molecular complexity index is 905. The Balaban J connectivity index is 1.84. The van der Waals surface area contributed by atoms with Crippen LogP contribution in [-0.4, -0.2) is 13.9 Å². The van der Waals surface area contributed by atoms with E-state index in [1.807, 2.05) is 6.92 Å². The van der Waals surface area contributed by atoms with Gasteiger partial charge in [-0.05, 0) is 49.1 Å². The van der Waals surface area contributed by atoms with E-state index < -0.39 is 8.07 Å². The zero-order chi connectivity index (χ0) is 24.9. The van der Waals surface area contributed by atoms with Gasteiger partial charge in [-0.2, -0.15) is 0 Å². The number of carbonyl (C=O) groups is 1. The van der Waals surface area contributed by atoms with E-state index in [1.54, 1.807) is 10.4 Å². The molecule has 2 aromatic carbocycles. The van der Waals surface area contributed by atoms with Crippen molar-refractivity contribution in [3.8, 4) is 0 Å². The Morgan fingerprint density at radius 1 is 0.771 bits per heavy atom. The highest BCUT2D eigenvalue weighted by Crippen LogP contribution is 2.61. The normalized spacial score (nSPS) is 26.9. The van der Waals surface area contributed by atoms with E-state index in [1.165, 1.54) is 64.2 Å². The molecule has 3 atom stereocenters. The van der Waals surface area contributed by atoms with Gasteiger partial charge in [0.2, 0.25) is 0 Å². The smallest absolute Gasteiger partial charge is 0.136 e. The summed E-state index contributed by atoms with van der Waals surface area (Å²) in [5.74, 6) is 1.03. The predicted octanol–water partition coefficient (Wildman–Crippen LogP) is 8.32. The number of Topliss-reactive ketones (excluding diaryl/α,β-unsaturated/α-hetero) is 1. The zero-order valence-electron chi connectivity index (χ0n) is 22.8. The summed E-state index contributed by atoms with van der Waals surface area (Å²) in [6, 6.07) is 22.9. The van der Waals surface area contributed by atoms with E-state index in [0.717, 1.165) is 12.8 Å². The van der Waals surface area contributed by atoms with Crippen molar-refractivity contribution in [2.24, 2.45) is 11.3 Å². The number of hydrogen-bond acceptors (Lipinski definition) is 1. The summed E-state index contributed by atoms with van der Waals surface area (Å²) in [7, 11) is -2.23. The molecule has 190 valence electrons. The first-order valence-corrected chi connectivity index (χ1v) is 16.5. The topological polar surface area (TPSA) is 17.1 Å². The second-order valence-corrected chi connectivity index (χ2v) is 17.8. The van der Waals surface area contributed by atoms with Crippen molar-refractivity contribution in [1.29, 1.82) is 0 Å². The standard InChI is InChI=1S/C33H48OSi/c1-27(34)33-24-18-10-8-6-5-7-9-13-19-28(33)25-31(26-33)35(32(2,3)4,29-20-14-11-15-21-29)30-22-16-12-17-23-30/h11-12,14-17,20-23,28,31H,5-10,13,18-19,24-26H2,1-4H3/t28-,31+,33+/m0/s1. The molecular weight excluding hydrogens is 440 g/mol. The van der Waals surface area contributed by atoms with Crippen LogP contribution in [0.4, 0.5) is 0 Å². The van der Waals surface area contributed by atoms with E-state index in [9.17, 15) is 4.79 Å². The maximum Gasteiger partial charge on any atom is 0.136 e. The summed E-state index contributed by atoms with van der Waals surface area (Å²) in [6.45, 7) is 9.41. The summed E-state index contributed by atoms with van der Waals surface area (Å²) < 4.78 is 0. The molecular formula is C33H48OSi. The lowest BCUT2D eigenvalue weighted by Crippen LogP contribution is -2.67. The quantitative estimate of drug-likeness (QED) is 0.395. The van der Waals surface area contributed by atoms with Crippen LogP contribution in [0.15, 0.2) is 60.7 Å². The molecule has 2 fully saturated rings. The van der Waals surface area contributed by atoms with Crippen molar-refractivity contribution >= 4 is 24.2 Å². The Morgan fingerprint density at radius 2 is 1.26 bits per heavy atom. The first-order chi connectivity index (χ1) is 16.8. The van der Waals surface area contributed by atoms with Gasteiger partial charge in [0.25, 0.3) is 0 Å². The fourth-order valence-electron chi connectivity index (χ4n) is 8.31. The number of hydrogen-bond donors (Lipinski definition) is 0. The maximum absolute atomic E-state index is 13.6. The molecule has 0 spiro atoms. The van der Waals surface area contributed by atoms with Crippen LogP contribution in [0.5, 0.6) is 0 Å². The van der Waals surface area contributed by atoms with Crippen molar-refractivity contribution < 1.29 is 4.79 Å². The van der Waals surface area contributed by atoms with E-state index in [4.69, 9.17) is 0 Å². The van der Waals surface area contributed by atoms with Gasteiger partial charge in [-0.25, -0.2) is 0 Å². The van der Waals surface area contributed by atoms with Crippen LogP contribution in [0.25, 0.3) is 0 Å². The SMILES string of the molecule is CC(=O)[C@]12CCCCCCCCCC[C@H]1C[C@@H]([Si](c1ccccc1)(c1ccccc1)C(C)(C)C)C2.